The van der Waals surface area contributed by atoms with Crippen molar-refractivity contribution in [3.8, 4) is 11.3 Å². The van der Waals surface area contributed by atoms with Crippen LogP contribution in [-0.4, -0.2) is 20.9 Å². The summed E-state index contributed by atoms with van der Waals surface area (Å²) >= 11 is 0. The molecule has 1 aromatic carbocycles. The average Bonchev–Trinajstić information content (AvgIpc) is 2.72. The first-order valence-corrected chi connectivity index (χ1v) is 5.18. The molecule has 17 heavy (non-hydrogen) atoms. The van der Waals surface area contributed by atoms with Crippen molar-refractivity contribution < 1.29 is 14.3 Å². The maximum atomic E-state index is 13.2. The number of hydrogen-bond acceptors (Lipinski definition) is 2. The van der Waals surface area contributed by atoms with Crippen LogP contribution in [0, 0.1) is 5.82 Å². The Bertz CT molecular complexity index is 563. The van der Waals surface area contributed by atoms with Crippen LogP contribution in [-0.2, 0) is 6.54 Å². The van der Waals surface area contributed by atoms with Crippen molar-refractivity contribution in [1.29, 1.82) is 0 Å². The standard InChI is InChI=1S/C12H11FN2O2/c1-2-15-11(10(7-14-15)12(16)17)8-4-3-5-9(13)6-8/h3-7H,2H2,1H3,(H,16,17). The Morgan fingerprint density at radius 2 is 2.29 bits per heavy atom. The van der Waals surface area contributed by atoms with Crippen LogP contribution >= 0.6 is 0 Å². The van der Waals surface area contributed by atoms with Gasteiger partial charge in [0.2, 0.25) is 0 Å². The van der Waals surface area contributed by atoms with Crippen molar-refractivity contribution in [2.45, 2.75) is 13.5 Å². The molecule has 0 spiro atoms. The minimum absolute atomic E-state index is 0.0810. The molecule has 2 aromatic rings. The van der Waals surface area contributed by atoms with Gasteiger partial charge >= 0.3 is 5.97 Å². The third-order valence-corrected chi connectivity index (χ3v) is 2.47. The molecule has 0 aliphatic heterocycles. The van der Waals surface area contributed by atoms with E-state index in [9.17, 15) is 9.18 Å². The van der Waals surface area contributed by atoms with Gasteiger partial charge in [-0.05, 0) is 19.1 Å². The van der Waals surface area contributed by atoms with Crippen molar-refractivity contribution in [3.05, 3.63) is 41.8 Å². The Balaban J connectivity index is 2.64. The van der Waals surface area contributed by atoms with E-state index in [1.54, 1.807) is 12.1 Å². The minimum atomic E-state index is -1.07. The zero-order chi connectivity index (χ0) is 12.4. The summed E-state index contributed by atoms with van der Waals surface area (Å²) in [4.78, 5) is 11.1. The molecule has 1 N–H and O–H groups in total. The molecule has 1 heterocycles. The van der Waals surface area contributed by atoms with E-state index < -0.39 is 11.8 Å². The van der Waals surface area contributed by atoms with E-state index in [4.69, 9.17) is 5.11 Å². The topological polar surface area (TPSA) is 55.1 Å². The first-order valence-electron chi connectivity index (χ1n) is 5.18. The Morgan fingerprint density at radius 1 is 1.53 bits per heavy atom. The fourth-order valence-electron chi connectivity index (χ4n) is 1.72. The van der Waals surface area contributed by atoms with Gasteiger partial charge in [0.25, 0.3) is 0 Å². The minimum Gasteiger partial charge on any atom is -0.478 e. The molecule has 0 saturated heterocycles. The van der Waals surface area contributed by atoms with Gasteiger partial charge in [-0.2, -0.15) is 5.10 Å². The molecule has 4 nitrogen and oxygen atoms in total. The van der Waals surface area contributed by atoms with Crippen molar-refractivity contribution >= 4 is 5.97 Å². The van der Waals surface area contributed by atoms with Crippen LogP contribution in [0.15, 0.2) is 30.5 Å². The highest BCUT2D eigenvalue weighted by Crippen LogP contribution is 2.24. The molecule has 5 heteroatoms. The number of carbonyl (C=O) groups is 1. The summed E-state index contributed by atoms with van der Waals surface area (Å²) in [7, 11) is 0. The SMILES string of the molecule is CCn1ncc(C(=O)O)c1-c1cccc(F)c1. The summed E-state index contributed by atoms with van der Waals surface area (Å²) in [6.07, 6.45) is 1.28. The van der Waals surface area contributed by atoms with Gasteiger partial charge in [-0.1, -0.05) is 12.1 Å². The van der Waals surface area contributed by atoms with E-state index >= 15 is 0 Å². The highest BCUT2D eigenvalue weighted by molar-refractivity contribution is 5.94. The molecule has 0 unspecified atom stereocenters. The zero-order valence-corrected chi connectivity index (χ0v) is 9.22. The molecule has 0 aliphatic carbocycles. The summed E-state index contributed by atoms with van der Waals surface area (Å²) < 4.78 is 14.7. The van der Waals surface area contributed by atoms with Gasteiger partial charge < -0.3 is 5.11 Å². The lowest BCUT2D eigenvalue weighted by Crippen LogP contribution is -2.03. The Kier molecular flexibility index (Phi) is 2.91. The summed E-state index contributed by atoms with van der Waals surface area (Å²) in [6, 6.07) is 5.83. The first-order chi connectivity index (χ1) is 8.13. The van der Waals surface area contributed by atoms with Crippen LogP contribution in [0.25, 0.3) is 11.3 Å². The summed E-state index contributed by atoms with van der Waals surface area (Å²) in [6.45, 7) is 2.38. The number of halogens is 1. The Labute approximate surface area is 97.3 Å². The number of benzene rings is 1. The van der Waals surface area contributed by atoms with Crippen LogP contribution in [0.1, 0.15) is 17.3 Å². The molecule has 1 aromatic heterocycles. The maximum Gasteiger partial charge on any atom is 0.339 e. The smallest absolute Gasteiger partial charge is 0.339 e. The maximum absolute atomic E-state index is 13.2. The fraction of sp³-hybridized carbons (Fsp3) is 0.167. The van der Waals surface area contributed by atoms with Crippen molar-refractivity contribution in [1.82, 2.24) is 9.78 Å². The number of nitrogens with zero attached hydrogens (tertiary/aromatic N) is 2. The quantitative estimate of drug-likeness (QED) is 0.887. The third-order valence-electron chi connectivity index (χ3n) is 2.47. The molecule has 0 bridgehead atoms. The molecular formula is C12H11FN2O2. The number of aromatic carboxylic acids is 1. The Hall–Kier alpha value is -2.17. The summed E-state index contributed by atoms with van der Waals surface area (Å²) in [5.74, 6) is -1.47. The van der Waals surface area contributed by atoms with E-state index in [0.29, 0.717) is 17.8 Å². The van der Waals surface area contributed by atoms with Crippen LogP contribution in [0.4, 0.5) is 4.39 Å². The number of aromatic nitrogens is 2. The van der Waals surface area contributed by atoms with Crippen molar-refractivity contribution in [2.75, 3.05) is 0 Å². The molecular weight excluding hydrogens is 223 g/mol. The second-order valence-electron chi connectivity index (χ2n) is 3.54. The molecule has 0 saturated carbocycles. The highest BCUT2D eigenvalue weighted by atomic mass is 19.1. The molecule has 88 valence electrons. The molecule has 0 amide bonds. The lowest BCUT2D eigenvalue weighted by atomic mass is 10.1. The number of hydrogen-bond donors (Lipinski definition) is 1. The van der Waals surface area contributed by atoms with E-state index in [1.165, 1.54) is 23.0 Å². The monoisotopic (exact) mass is 234 g/mol. The molecule has 0 radical (unpaired) electrons. The highest BCUT2D eigenvalue weighted by Gasteiger charge is 2.17. The van der Waals surface area contributed by atoms with Gasteiger partial charge in [0.05, 0.1) is 11.9 Å². The van der Waals surface area contributed by atoms with Crippen LogP contribution < -0.4 is 0 Å². The predicted molar refractivity (Wildman–Crippen MR) is 60.3 cm³/mol. The van der Waals surface area contributed by atoms with Crippen molar-refractivity contribution in [2.24, 2.45) is 0 Å². The molecule has 0 fully saturated rings. The number of rotatable bonds is 3. The number of aryl methyl sites for hydroxylation is 1. The van der Waals surface area contributed by atoms with Crippen LogP contribution in [0.3, 0.4) is 0 Å². The summed E-state index contributed by atoms with van der Waals surface area (Å²) in [5, 5.41) is 13.0. The summed E-state index contributed by atoms with van der Waals surface area (Å²) in [5.41, 5.74) is 1.03. The molecule has 2 rings (SSSR count). The van der Waals surface area contributed by atoms with Crippen LogP contribution in [0.5, 0.6) is 0 Å². The van der Waals surface area contributed by atoms with Gasteiger partial charge in [0.1, 0.15) is 11.4 Å². The number of carboxylic acids is 1. The lowest BCUT2D eigenvalue weighted by Gasteiger charge is -2.06. The van der Waals surface area contributed by atoms with Gasteiger partial charge in [-0.3, -0.25) is 4.68 Å². The van der Waals surface area contributed by atoms with Gasteiger partial charge in [0, 0.05) is 12.1 Å². The molecule has 0 atom stereocenters. The van der Waals surface area contributed by atoms with Gasteiger partial charge in [0.15, 0.2) is 0 Å². The fourth-order valence-corrected chi connectivity index (χ4v) is 1.72. The van der Waals surface area contributed by atoms with E-state index in [1.807, 2.05) is 6.92 Å². The van der Waals surface area contributed by atoms with E-state index in [-0.39, 0.29) is 5.56 Å². The first kappa shape index (κ1) is 11.3. The predicted octanol–water partition coefficient (Wildman–Crippen LogP) is 2.41. The second kappa shape index (κ2) is 4.37. The van der Waals surface area contributed by atoms with E-state index in [2.05, 4.69) is 5.10 Å². The van der Waals surface area contributed by atoms with E-state index in [0.717, 1.165) is 0 Å². The largest absolute Gasteiger partial charge is 0.478 e. The lowest BCUT2D eigenvalue weighted by molar-refractivity contribution is 0.0697. The molecule has 0 aliphatic rings. The normalized spacial score (nSPS) is 10.5. The number of carboxylic acid groups (broad SMARTS) is 1. The second-order valence-corrected chi connectivity index (χ2v) is 3.54. The zero-order valence-electron chi connectivity index (χ0n) is 9.22. The van der Waals surface area contributed by atoms with Gasteiger partial charge in [-0.25, -0.2) is 9.18 Å². The van der Waals surface area contributed by atoms with Crippen molar-refractivity contribution in [3.63, 3.8) is 0 Å². The average molecular weight is 234 g/mol. The van der Waals surface area contributed by atoms with Gasteiger partial charge in [-0.15, -0.1) is 0 Å². The van der Waals surface area contributed by atoms with Crippen LogP contribution in [0.2, 0.25) is 0 Å². The third kappa shape index (κ3) is 2.04. The Morgan fingerprint density at radius 3 is 2.88 bits per heavy atom.